The molecule has 0 bridgehead atoms. The Bertz CT molecular complexity index is 216. The number of piperidine rings is 1. The molecule has 0 aromatic carbocycles. The molecular formula is C11H23N3O. The van der Waals surface area contributed by atoms with Gasteiger partial charge in [0.25, 0.3) is 0 Å². The molecule has 0 aliphatic carbocycles. The van der Waals surface area contributed by atoms with E-state index in [1.54, 1.807) is 0 Å². The molecule has 1 aliphatic rings. The molecule has 0 spiro atoms. The van der Waals surface area contributed by atoms with Crippen LogP contribution < -0.4 is 16.4 Å². The van der Waals surface area contributed by atoms with Gasteiger partial charge in [0.2, 0.25) is 5.91 Å². The molecule has 0 aromatic heterocycles. The maximum Gasteiger partial charge on any atom is 0.237 e. The van der Waals surface area contributed by atoms with Gasteiger partial charge < -0.3 is 16.4 Å². The van der Waals surface area contributed by atoms with Crippen LogP contribution in [0.1, 0.15) is 33.6 Å². The molecule has 0 radical (unpaired) electrons. The van der Waals surface area contributed by atoms with Crippen molar-refractivity contribution in [2.24, 2.45) is 11.1 Å². The van der Waals surface area contributed by atoms with Crippen LogP contribution in [0.15, 0.2) is 0 Å². The quantitative estimate of drug-likeness (QED) is 0.615. The molecule has 2 atom stereocenters. The molecule has 4 nitrogen and oxygen atoms in total. The summed E-state index contributed by atoms with van der Waals surface area (Å²) in [7, 11) is 0. The highest BCUT2D eigenvalue weighted by atomic mass is 16.2. The molecule has 1 unspecified atom stereocenters. The van der Waals surface area contributed by atoms with E-state index in [-0.39, 0.29) is 17.4 Å². The second-order valence-corrected chi connectivity index (χ2v) is 5.40. The number of hydrogen-bond donors (Lipinski definition) is 3. The standard InChI is InChI=1S/C11H23N3O/c1-11(2,3)9(12)10(15)14-8-5-4-6-13-7-8/h8-9,13H,4-7,12H2,1-3H3,(H,14,15)/t8?,9-/m1/s1. The fourth-order valence-corrected chi connectivity index (χ4v) is 1.66. The van der Waals surface area contributed by atoms with Crippen LogP contribution in [0.3, 0.4) is 0 Å². The normalized spacial score (nSPS) is 24.7. The zero-order chi connectivity index (χ0) is 11.5. The van der Waals surface area contributed by atoms with Crippen LogP contribution in [-0.2, 0) is 4.79 Å². The van der Waals surface area contributed by atoms with Crippen LogP contribution in [0.5, 0.6) is 0 Å². The van der Waals surface area contributed by atoms with Crippen LogP contribution in [-0.4, -0.2) is 31.1 Å². The van der Waals surface area contributed by atoms with Crippen molar-refractivity contribution in [2.45, 2.75) is 45.7 Å². The van der Waals surface area contributed by atoms with Gasteiger partial charge in [-0.1, -0.05) is 20.8 Å². The molecule has 1 saturated heterocycles. The lowest BCUT2D eigenvalue weighted by Gasteiger charge is -2.30. The first-order valence-electron chi connectivity index (χ1n) is 5.68. The predicted octanol–water partition coefficient (Wildman–Crippen LogP) is 0.228. The Morgan fingerprint density at radius 3 is 2.67 bits per heavy atom. The molecule has 88 valence electrons. The Hall–Kier alpha value is -0.610. The number of nitrogens with one attached hydrogen (secondary N) is 2. The predicted molar refractivity (Wildman–Crippen MR) is 61.5 cm³/mol. The third-order valence-corrected chi connectivity index (χ3v) is 2.86. The molecular weight excluding hydrogens is 190 g/mol. The zero-order valence-electron chi connectivity index (χ0n) is 9.97. The highest BCUT2D eigenvalue weighted by Crippen LogP contribution is 2.17. The van der Waals surface area contributed by atoms with Gasteiger partial charge in [-0.05, 0) is 24.8 Å². The topological polar surface area (TPSA) is 67.2 Å². The van der Waals surface area contributed by atoms with Gasteiger partial charge in [0.1, 0.15) is 0 Å². The average molecular weight is 213 g/mol. The summed E-state index contributed by atoms with van der Waals surface area (Å²) in [5.74, 6) is -0.0313. The van der Waals surface area contributed by atoms with Crippen molar-refractivity contribution in [3.8, 4) is 0 Å². The van der Waals surface area contributed by atoms with E-state index in [1.165, 1.54) is 0 Å². The minimum Gasteiger partial charge on any atom is -0.351 e. The Balaban J connectivity index is 2.40. The summed E-state index contributed by atoms with van der Waals surface area (Å²) < 4.78 is 0. The molecule has 1 aliphatic heterocycles. The van der Waals surface area contributed by atoms with Crippen molar-refractivity contribution < 1.29 is 4.79 Å². The van der Waals surface area contributed by atoms with Gasteiger partial charge in [-0.25, -0.2) is 0 Å². The first kappa shape index (κ1) is 12.5. The number of rotatable bonds is 2. The van der Waals surface area contributed by atoms with Crippen molar-refractivity contribution in [1.29, 1.82) is 0 Å². The van der Waals surface area contributed by atoms with E-state index in [0.717, 1.165) is 25.9 Å². The van der Waals surface area contributed by atoms with Gasteiger partial charge in [0, 0.05) is 12.6 Å². The summed E-state index contributed by atoms with van der Waals surface area (Å²) in [6.45, 7) is 7.86. The third-order valence-electron chi connectivity index (χ3n) is 2.86. The van der Waals surface area contributed by atoms with Crippen LogP contribution in [0.2, 0.25) is 0 Å². The second-order valence-electron chi connectivity index (χ2n) is 5.40. The zero-order valence-corrected chi connectivity index (χ0v) is 9.97. The fraction of sp³-hybridized carbons (Fsp3) is 0.909. The van der Waals surface area contributed by atoms with Gasteiger partial charge in [-0.15, -0.1) is 0 Å². The molecule has 15 heavy (non-hydrogen) atoms. The SMILES string of the molecule is CC(C)(C)[C@H](N)C(=O)NC1CCCNC1. The van der Waals surface area contributed by atoms with E-state index in [0.29, 0.717) is 0 Å². The number of hydrogen-bond acceptors (Lipinski definition) is 3. The minimum atomic E-state index is -0.431. The van der Waals surface area contributed by atoms with Gasteiger partial charge >= 0.3 is 0 Å². The smallest absolute Gasteiger partial charge is 0.237 e. The molecule has 1 rings (SSSR count). The molecule has 1 amide bonds. The first-order valence-corrected chi connectivity index (χ1v) is 5.68. The molecule has 0 saturated carbocycles. The average Bonchev–Trinajstić information content (AvgIpc) is 2.16. The molecule has 4 heteroatoms. The van der Waals surface area contributed by atoms with Crippen LogP contribution >= 0.6 is 0 Å². The summed E-state index contributed by atoms with van der Waals surface area (Å²) in [4.78, 5) is 11.8. The van der Waals surface area contributed by atoms with Crippen molar-refractivity contribution in [2.75, 3.05) is 13.1 Å². The Morgan fingerprint density at radius 2 is 2.20 bits per heavy atom. The van der Waals surface area contributed by atoms with Crippen molar-refractivity contribution >= 4 is 5.91 Å². The van der Waals surface area contributed by atoms with Crippen LogP contribution in [0.4, 0.5) is 0 Å². The fourth-order valence-electron chi connectivity index (χ4n) is 1.66. The lowest BCUT2D eigenvalue weighted by Crippen LogP contribution is -2.54. The van der Waals surface area contributed by atoms with E-state index < -0.39 is 6.04 Å². The summed E-state index contributed by atoms with van der Waals surface area (Å²) in [5.41, 5.74) is 5.70. The van der Waals surface area contributed by atoms with Gasteiger partial charge in [0.05, 0.1) is 6.04 Å². The number of amides is 1. The van der Waals surface area contributed by atoms with E-state index >= 15 is 0 Å². The molecule has 0 aromatic rings. The minimum absolute atomic E-state index is 0.0313. The van der Waals surface area contributed by atoms with Crippen LogP contribution in [0.25, 0.3) is 0 Å². The highest BCUT2D eigenvalue weighted by molar-refractivity contribution is 5.82. The summed E-state index contributed by atoms with van der Waals surface area (Å²) in [6.07, 6.45) is 2.17. The monoisotopic (exact) mass is 213 g/mol. The first-order chi connectivity index (χ1) is 6.91. The van der Waals surface area contributed by atoms with E-state index in [1.807, 2.05) is 20.8 Å². The van der Waals surface area contributed by atoms with Crippen molar-refractivity contribution in [3.05, 3.63) is 0 Å². The van der Waals surface area contributed by atoms with E-state index in [9.17, 15) is 4.79 Å². The van der Waals surface area contributed by atoms with Gasteiger partial charge in [-0.3, -0.25) is 4.79 Å². The maximum absolute atomic E-state index is 11.8. The van der Waals surface area contributed by atoms with Crippen LogP contribution in [0, 0.1) is 5.41 Å². The number of carbonyl (C=O) groups is 1. The molecule has 1 fully saturated rings. The lowest BCUT2D eigenvalue weighted by atomic mass is 9.86. The van der Waals surface area contributed by atoms with Crippen molar-refractivity contribution in [3.63, 3.8) is 0 Å². The summed E-state index contributed by atoms with van der Waals surface area (Å²) in [6, 6.07) is -0.181. The number of nitrogens with two attached hydrogens (primary N) is 1. The Kier molecular flexibility index (Phi) is 4.11. The summed E-state index contributed by atoms with van der Waals surface area (Å²) >= 11 is 0. The van der Waals surface area contributed by atoms with E-state index in [4.69, 9.17) is 5.73 Å². The summed E-state index contributed by atoms with van der Waals surface area (Å²) in [5, 5.41) is 6.26. The molecule has 1 heterocycles. The number of carbonyl (C=O) groups excluding carboxylic acids is 1. The largest absolute Gasteiger partial charge is 0.351 e. The molecule has 4 N–H and O–H groups in total. The van der Waals surface area contributed by atoms with Crippen molar-refractivity contribution in [1.82, 2.24) is 10.6 Å². The maximum atomic E-state index is 11.8. The van der Waals surface area contributed by atoms with E-state index in [2.05, 4.69) is 10.6 Å². The third kappa shape index (κ3) is 3.80. The lowest BCUT2D eigenvalue weighted by molar-refractivity contribution is -0.125. The highest BCUT2D eigenvalue weighted by Gasteiger charge is 2.28. The van der Waals surface area contributed by atoms with Gasteiger partial charge in [-0.2, -0.15) is 0 Å². The van der Waals surface area contributed by atoms with Gasteiger partial charge in [0.15, 0.2) is 0 Å². The Labute approximate surface area is 92.0 Å². The second kappa shape index (κ2) is 4.94. The Morgan fingerprint density at radius 1 is 1.53 bits per heavy atom.